The highest BCUT2D eigenvalue weighted by molar-refractivity contribution is 5.17. The van der Waals surface area contributed by atoms with E-state index in [9.17, 15) is 8.78 Å². The van der Waals surface area contributed by atoms with Crippen LogP contribution in [0.5, 0.6) is 0 Å². The van der Waals surface area contributed by atoms with Crippen molar-refractivity contribution in [2.45, 2.75) is 77.6 Å². The van der Waals surface area contributed by atoms with Crippen LogP contribution in [0.3, 0.4) is 0 Å². The average Bonchev–Trinajstić information content (AvgIpc) is 2.68. The van der Waals surface area contributed by atoms with Crippen molar-refractivity contribution < 1.29 is 8.78 Å². The molecule has 3 rings (SSSR count). The van der Waals surface area contributed by atoms with Crippen molar-refractivity contribution in [2.75, 3.05) is 0 Å². The average molecular weight is 361 g/mol. The third kappa shape index (κ3) is 5.41. The van der Waals surface area contributed by atoms with Crippen LogP contribution in [0.4, 0.5) is 8.78 Å². The Labute approximate surface area is 158 Å². The maximum absolute atomic E-state index is 13.3. The van der Waals surface area contributed by atoms with Crippen molar-refractivity contribution in [3.05, 3.63) is 47.5 Å². The summed E-state index contributed by atoms with van der Waals surface area (Å²) in [6, 6.07) is 4.36. The number of rotatable bonds is 6. The monoisotopic (exact) mass is 360 g/mol. The molecule has 1 aromatic carbocycles. The van der Waals surface area contributed by atoms with Gasteiger partial charge in [-0.15, -0.1) is 0 Å². The Morgan fingerprint density at radius 1 is 0.885 bits per heavy atom. The second kappa shape index (κ2) is 9.67. The number of allylic oxidation sites excluding steroid dienone is 2. The van der Waals surface area contributed by atoms with E-state index in [0.717, 1.165) is 48.5 Å². The van der Waals surface area contributed by atoms with Gasteiger partial charge < -0.3 is 0 Å². The number of hydrogen-bond donors (Lipinski definition) is 0. The highest BCUT2D eigenvalue weighted by Gasteiger charge is 2.30. The molecule has 0 saturated heterocycles. The third-order valence-electron chi connectivity index (χ3n) is 6.84. The molecule has 2 fully saturated rings. The zero-order valence-corrected chi connectivity index (χ0v) is 16.2. The minimum atomic E-state index is -0.742. The molecule has 2 aliphatic rings. The lowest BCUT2D eigenvalue weighted by atomic mass is 9.68. The summed E-state index contributed by atoms with van der Waals surface area (Å²) in [7, 11) is 0. The second-order valence-corrected chi connectivity index (χ2v) is 8.58. The molecule has 0 atom stereocenters. The van der Waals surface area contributed by atoms with E-state index in [2.05, 4.69) is 19.1 Å². The molecular formula is C24H34F2. The van der Waals surface area contributed by atoms with E-state index in [-0.39, 0.29) is 0 Å². The van der Waals surface area contributed by atoms with E-state index in [1.54, 1.807) is 6.07 Å². The number of aryl methyl sites for hydroxylation is 1. The summed E-state index contributed by atoms with van der Waals surface area (Å²) in [6.45, 7) is 2.22. The minimum Gasteiger partial charge on any atom is -0.204 e. The fourth-order valence-corrected chi connectivity index (χ4v) is 5.15. The maximum atomic E-state index is 13.3. The van der Waals surface area contributed by atoms with Crippen LogP contribution in [0.15, 0.2) is 30.4 Å². The third-order valence-corrected chi connectivity index (χ3v) is 6.84. The normalized spacial score (nSPS) is 30.0. The molecule has 0 bridgehead atoms. The molecule has 0 unspecified atom stereocenters. The molecule has 2 aliphatic carbocycles. The highest BCUT2D eigenvalue weighted by Crippen LogP contribution is 2.42. The van der Waals surface area contributed by atoms with Crippen LogP contribution in [-0.2, 0) is 6.42 Å². The summed E-state index contributed by atoms with van der Waals surface area (Å²) in [6.07, 6.45) is 19.0. The Balaban J connectivity index is 1.38. The number of halogens is 2. The number of benzene rings is 1. The summed E-state index contributed by atoms with van der Waals surface area (Å²) in [5.41, 5.74) is 0.935. The molecule has 2 saturated carbocycles. The summed E-state index contributed by atoms with van der Waals surface area (Å²) in [5, 5.41) is 0. The Morgan fingerprint density at radius 3 is 2.15 bits per heavy atom. The van der Waals surface area contributed by atoms with E-state index < -0.39 is 11.6 Å². The standard InChI is InChI=1S/C24H34F2/c1-2-3-4-18-7-12-21(13-8-18)22-14-9-19(10-15-22)5-6-20-11-16-23(25)24(26)17-20/h3-4,11,16-19,21-22H,2,5-10,12-15H2,1H3/b4-3+. The van der Waals surface area contributed by atoms with Crippen LogP contribution in [-0.4, -0.2) is 0 Å². The first-order valence-corrected chi connectivity index (χ1v) is 10.8. The number of hydrogen-bond acceptors (Lipinski definition) is 0. The van der Waals surface area contributed by atoms with Crippen LogP contribution < -0.4 is 0 Å². The van der Waals surface area contributed by atoms with Gasteiger partial charge in [0.25, 0.3) is 0 Å². The van der Waals surface area contributed by atoms with Gasteiger partial charge >= 0.3 is 0 Å². The molecule has 0 spiro atoms. The molecule has 26 heavy (non-hydrogen) atoms. The van der Waals surface area contributed by atoms with Crippen LogP contribution in [0, 0.1) is 35.3 Å². The van der Waals surface area contributed by atoms with Gasteiger partial charge in [0.1, 0.15) is 0 Å². The topological polar surface area (TPSA) is 0 Å². The van der Waals surface area contributed by atoms with Gasteiger partial charge in [0.05, 0.1) is 0 Å². The van der Waals surface area contributed by atoms with Gasteiger partial charge in [-0.2, -0.15) is 0 Å². The Kier molecular flexibility index (Phi) is 7.28. The molecule has 0 aliphatic heterocycles. The second-order valence-electron chi connectivity index (χ2n) is 8.58. The maximum Gasteiger partial charge on any atom is 0.159 e. The SMILES string of the molecule is CC/C=C/C1CCC(C2CCC(CCc3ccc(F)c(F)c3)CC2)CC1. The van der Waals surface area contributed by atoms with Gasteiger partial charge in [0.15, 0.2) is 11.6 Å². The van der Waals surface area contributed by atoms with Crippen LogP contribution in [0.25, 0.3) is 0 Å². The van der Waals surface area contributed by atoms with Gasteiger partial charge in [-0.1, -0.05) is 38.0 Å². The predicted molar refractivity (Wildman–Crippen MR) is 105 cm³/mol. The molecule has 144 valence electrons. The van der Waals surface area contributed by atoms with Crippen molar-refractivity contribution in [1.29, 1.82) is 0 Å². The lowest BCUT2D eigenvalue weighted by molar-refractivity contribution is 0.152. The summed E-state index contributed by atoms with van der Waals surface area (Å²) in [5.74, 6) is 2.03. The summed E-state index contributed by atoms with van der Waals surface area (Å²) in [4.78, 5) is 0. The Bertz CT molecular complexity index is 576. The molecule has 0 radical (unpaired) electrons. The molecule has 1 aromatic rings. The molecule has 0 aromatic heterocycles. The van der Waals surface area contributed by atoms with Crippen molar-refractivity contribution in [1.82, 2.24) is 0 Å². The Morgan fingerprint density at radius 2 is 1.54 bits per heavy atom. The zero-order valence-electron chi connectivity index (χ0n) is 16.2. The van der Waals surface area contributed by atoms with Gasteiger partial charge in [0.2, 0.25) is 0 Å². The quantitative estimate of drug-likeness (QED) is 0.461. The van der Waals surface area contributed by atoms with Gasteiger partial charge in [-0.05, 0) is 99.2 Å². The van der Waals surface area contributed by atoms with E-state index in [4.69, 9.17) is 0 Å². The minimum absolute atomic E-state index is 0.712. The smallest absolute Gasteiger partial charge is 0.159 e. The van der Waals surface area contributed by atoms with Crippen LogP contribution >= 0.6 is 0 Å². The van der Waals surface area contributed by atoms with Gasteiger partial charge in [-0.3, -0.25) is 0 Å². The van der Waals surface area contributed by atoms with Crippen LogP contribution in [0.2, 0.25) is 0 Å². The van der Waals surface area contributed by atoms with E-state index >= 15 is 0 Å². The van der Waals surface area contributed by atoms with E-state index in [0.29, 0.717) is 0 Å². The first-order valence-electron chi connectivity index (χ1n) is 10.8. The summed E-state index contributed by atoms with van der Waals surface area (Å²) < 4.78 is 26.3. The summed E-state index contributed by atoms with van der Waals surface area (Å²) >= 11 is 0. The molecule has 2 heteroatoms. The first-order chi connectivity index (χ1) is 12.7. The fourth-order valence-electron chi connectivity index (χ4n) is 5.15. The molecule has 0 N–H and O–H groups in total. The van der Waals surface area contributed by atoms with Gasteiger partial charge in [-0.25, -0.2) is 8.78 Å². The fraction of sp³-hybridized carbons (Fsp3) is 0.667. The highest BCUT2D eigenvalue weighted by atomic mass is 19.2. The van der Waals surface area contributed by atoms with Crippen LogP contribution in [0.1, 0.15) is 76.7 Å². The van der Waals surface area contributed by atoms with Crippen molar-refractivity contribution in [3.8, 4) is 0 Å². The molecule has 0 nitrogen and oxygen atoms in total. The van der Waals surface area contributed by atoms with Crippen molar-refractivity contribution in [2.24, 2.45) is 23.7 Å². The largest absolute Gasteiger partial charge is 0.204 e. The molecule has 0 amide bonds. The van der Waals surface area contributed by atoms with Crippen molar-refractivity contribution >= 4 is 0 Å². The van der Waals surface area contributed by atoms with E-state index in [1.807, 2.05) is 0 Å². The Hall–Kier alpha value is -1.18. The van der Waals surface area contributed by atoms with Gasteiger partial charge in [0, 0.05) is 0 Å². The first kappa shape index (κ1) is 19.6. The predicted octanol–water partition coefficient (Wildman–Crippen LogP) is 7.48. The molecular weight excluding hydrogens is 326 g/mol. The lowest BCUT2D eigenvalue weighted by Crippen LogP contribution is -2.25. The molecule has 0 heterocycles. The zero-order chi connectivity index (χ0) is 18.4. The van der Waals surface area contributed by atoms with E-state index in [1.165, 1.54) is 63.5 Å². The lowest BCUT2D eigenvalue weighted by Gasteiger charge is -2.37. The van der Waals surface area contributed by atoms with Crippen molar-refractivity contribution in [3.63, 3.8) is 0 Å².